The number of nitrogens with one attached hydrogen (secondary N) is 1. The average molecular weight is 415 g/mol. The zero-order chi connectivity index (χ0) is 18.5. The number of amides is 2. The van der Waals surface area contributed by atoms with Crippen LogP contribution >= 0.6 is 15.9 Å². The fourth-order valence-corrected chi connectivity index (χ4v) is 3.63. The maximum absolute atomic E-state index is 12.8. The van der Waals surface area contributed by atoms with E-state index in [0.29, 0.717) is 32.5 Å². The molecule has 0 radical (unpaired) electrons. The van der Waals surface area contributed by atoms with Gasteiger partial charge in [-0.2, -0.15) is 0 Å². The topological polar surface area (TPSA) is 49.4 Å². The summed E-state index contributed by atoms with van der Waals surface area (Å²) in [6, 6.07) is 15.7. The van der Waals surface area contributed by atoms with Gasteiger partial charge in [-0.25, -0.2) is 0 Å². The molecule has 2 aromatic carbocycles. The van der Waals surface area contributed by atoms with Gasteiger partial charge in [0, 0.05) is 35.6 Å². The Bertz CT molecular complexity index is 784. The van der Waals surface area contributed by atoms with Crippen molar-refractivity contribution in [2.24, 2.45) is 5.92 Å². The van der Waals surface area contributed by atoms with Gasteiger partial charge in [-0.1, -0.05) is 52.3 Å². The van der Waals surface area contributed by atoms with Crippen molar-refractivity contribution in [3.63, 3.8) is 0 Å². The van der Waals surface area contributed by atoms with Crippen LogP contribution < -0.4 is 5.32 Å². The molecule has 1 heterocycles. The van der Waals surface area contributed by atoms with E-state index < -0.39 is 0 Å². The molecule has 1 aliphatic heterocycles. The molecule has 0 spiro atoms. The van der Waals surface area contributed by atoms with Crippen molar-refractivity contribution < 1.29 is 9.59 Å². The number of hydrogen-bond acceptors (Lipinski definition) is 2. The normalized spacial score (nSPS) is 14.9. The van der Waals surface area contributed by atoms with Crippen molar-refractivity contribution in [1.29, 1.82) is 0 Å². The molecule has 5 heteroatoms. The zero-order valence-electron chi connectivity index (χ0n) is 14.9. The second-order valence-corrected chi connectivity index (χ2v) is 7.64. The Kier molecular flexibility index (Phi) is 6.09. The number of carbonyl (C=O) groups excluding carboxylic acids is 2. The predicted molar refractivity (Wildman–Crippen MR) is 106 cm³/mol. The lowest BCUT2D eigenvalue weighted by atomic mass is 9.95. The first kappa shape index (κ1) is 18.6. The van der Waals surface area contributed by atoms with Crippen molar-refractivity contribution in [1.82, 2.24) is 10.2 Å². The number of nitrogens with zero attached hydrogens (tertiary/aromatic N) is 1. The van der Waals surface area contributed by atoms with E-state index in [4.69, 9.17) is 0 Å². The summed E-state index contributed by atoms with van der Waals surface area (Å²) in [6.45, 7) is 3.74. The first-order valence-electron chi connectivity index (χ1n) is 8.91. The lowest BCUT2D eigenvalue weighted by Crippen LogP contribution is -2.43. The molecule has 0 saturated carbocycles. The second kappa shape index (κ2) is 8.49. The molecule has 4 nitrogen and oxygen atoms in total. The highest BCUT2D eigenvalue weighted by molar-refractivity contribution is 9.10. The van der Waals surface area contributed by atoms with E-state index in [1.807, 2.05) is 60.4 Å². The fraction of sp³-hybridized carbons (Fsp3) is 0.333. The molecule has 3 rings (SSSR count). The van der Waals surface area contributed by atoms with Gasteiger partial charge in [0.2, 0.25) is 5.91 Å². The standard InChI is InChI=1S/C21H23BrN2O2/c1-15-7-8-18(22)13-19(15)21(26)24-11-9-17(10-12-24)20(25)23-14-16-5-3-2-4-6-16/h2-8,13,17H,9-12,14H2,1H3,(H,23,25). The molecule has 0 bridgehead atoms. The number of aryl methyl sites for hydroxylation is 1. The molecular weight excluding hydrogens is 392 g/mol. The third kappa shape index (κ3) is 4.52. The third-order valence-corrected chi connectivity index (χ3v) is 5.39. The second-order valence-electron chi connectivity index (χ2n) is 6.73. The number of piperidine rings is 1. The van der Waals surface area contributed by atoms with E-state index in [0.717, 1.165) is 21.2 Å². The van der Waals surface area contributed by atoms with Crippen LogP contribution in [-0.4, -0.2) is 29.8 Å². The summed E-state index contributed by atoms with van der Waals surface area (Å²) < 4.78 is 0.904. The smallest absolute Gasteiger partial charge is 0.254 e. The van der Waals surface area contributed by atoms with E-state index >= 15 is 0 Å². The molecule has 0 aliphatic carbocycles. The highest BCUT2D eigenvalue weighted by atomic mass is 79.9. The Balaban J connectivity index is 1.53. The molecule has 0 atom stereocenters. The summed E-state index contributed by atoms with van der Waals surface area (Å²) in [5.74, 6) is 0.109. The van der Waals surface area contributed by atoms with E-state index in [-0.39, 0.29) is 17.7 Å². The number of halogens is 1. The summed E-state index contributed by atoms with van der Waals surface area (Å²) in [5.41, 5.74) is 2.80. The van der Waals surface area contributed by atoms with E-state index in [9.17, 15) is 9.59 Å². The van der Waals surface area contributed by atoms with Gasteiger partial charge in [0.05, 0.1) is 0 Å². The summed E-state index contributed by atoms with van der Waals surface area (Å²) in [4.78, 5) is 27.0. The van der Waals surface area contributed by atoms with Gasteiger partial charge in [0.1, 0.15) is 0 Å². The van der Waals surface area contributed by atoms with E-state index in [2.05, 4.69) is 21.2 Å². The molecular formula is C21H23BrN2O2. The SMILES string of the molecule is Cc1ccc(Br)cc1C(=O)N1CCC(C(=O)NCc2ccccc2)CC1. The van der Waals surface area contributed by atoms with E-state index in [1.165, 1.54) is 0 Å². The number of hydrogen-bond donors (Lipinski definition) is 1. The molecule has 0 aromatic heterocycles. The molecule has 1 fully saturated rings. The van der Waals surface area contributed by atoms with Crippen molar-refractivity contribution >= 4 is 27.7 Å². The number of rotatable bonds is 4. The minimum absolute atomic E-state index is 0.0219. The minimum atomic E-state index is -0.0219. The molecule has 2 amide bonds. The monoisotopic (exact) mass is 414 g/mol. The first-order chi connectivity index (χ1) is 12.5. The fourth-order valence-electron chi connectivity index (χ4n) is 3.27. The number of carbonyl (C=O) groups is 2. The third-order valence-electron chi connectivity index (χ3n) is 4.89. The molecule has 0 unspecified atom stereocenters. The van der Waals surface area contributed by atoms with Crippen molar-refractivity contribution in [2.75, 3.05) is 13.1 Å². The van der Waals surface area contributed by atoms with E-state index in [1.54, 1.807) is 0 Å². The summed E-state index contributed by atoms with van der Waals surface area (Å²) in [7, 11) is 0. The number of likely N-dealkylation sites (tertiary alicyclic amines) is 1. The maximum atomic E-state index is 12.8. The van der Waals surface area contributed by atoms with Gasteiger partial charge in [-0.05, 0) is 43.0 Å². The van der Waals surface area contributed by atoms with Gasteiger partial charge in [-0.3, -0.25) is 9.59 Å². The van der Waals surface area contributed by atoms with Gasteiger partial charge >= 0.3 is 0 Å². The highest BCUT2D eigenvalue weighted by Gasteiger charge is 2.28. The lowest BCUT2D eigenvalue weighted by molar-refractivity contribution is -0.126. The summed E-state index contributed by atoms with van der Waals surface area (Å²) in [5, 5.41) is 3.01. The average Bonchev–Trinajstić information content (AvgIpc) is 2.68. The zero-order valence-corrected chi connectivity index (χ0v) is 16.5. The summed E-state index contributed by atoms with van der Waals surface area (Å²) in [6.07, 6.45) is 1.42. The van der Waals surface area contributed by atoms with Gasteiger partial charge in [0.15, 0.2) is 0 Å². The Morgan fingerprint density at radius 2 is 1.81 bits per heavy atom. The van der Waals surface area contributed by atoms with Gasteiger partial charge in [-0.15, -0.1) is 0 Å². The quantitative estimate of drug-likeness (QED) is 0.823. The van der Waals surface area contributed by atoms with Crippen molar-refractivity contribution in [2.45, 2.75) is 26.3 Å². The first-order valence-corrected chi connectivity index (χ1v) is 9.71. The highest BCUT2D eigenvalue weighted by Crippen LogP contribution is 2.22. The largest absolute Gasteiger partial charge is 0.352 e. The van der Waals surface area contributed by atoms with Gasteiger partial charge < -0.3 is 10.2 Å². The predicted octanol–water partition coefficient (Wildman–Crippen LogP) is 3.93. The Morgan fingerprint density at radius 3 is 2.50 bits per heavy atom. The van der Waals surface area contributed by atoms with Crippen molar-refractivity contribution in [3.8, 4) is 0 Å². The molecule has 2 aromatic rings. The molecule has 136 valence electrons. The van der Waals surface area contributed by atoms with Crippen LogP contribution in [0.25, 0.3) is 0 Å². The Labute approximate surface area is 162 Å². The molecule has 26 heavy (non-hydrogen) atoms. The van der Waals surface area contributed by atoms with Crippen molar-refractivity contribution in [3.05, 3.63) is 69.7 Å². The molecule has 1 N–H and O–H groups in total. The Morgan fingerprint density at radius 1 is 1.12 bits per heavy atom. The molecule has 1 aliphatic rings. The lowest BCUT2D eigenvalue weighted by Gasteiger charge is -2.31. The van der Waals surface area contributed by atoms with Crippen LogP contribution in [0, 0.1) is 12.8 Å². The van der Waals surface area contributed by atoms with Crippen LogP contribution in [0.5, 0.6) is 0 Å². The van der Waals surface area contributed by atoms with Crippen LogP contribution in [0.1, 0.15) is 34.3 Å². The van der Waals surface area contributed by atoms with Gasteiger partial charge in [0.25, 0.3) is 5.91 Å². The van der Waals surface area contributed by atoms with Crippen LogP contribution in [0.15, 0.2) is 53.0 Å². The summed E-state index contributed by atoms with van der Waals surface area (Å²) >= 11 is 3.43. The number of benzene rings is 2. The van der Waals surface area contributed by atoms with Crippen LogP contribution in [0.3, 0.4) is 0 Å². The minimum Gasteiger partial charge on any atom is -0.352 e. The van der Waals surface area contributed by atoms with Crippen LogP contribution in [0.4, 0.5) is 0 Å². The Hall–Kier alpha value is -2.14. The molecule has 1 saturated heterocycles. The maximum Gasteiger partial charge on any atom is 0.254 e. The van der Waals surface area contributed by atoms with Crippen LogP contribution in [0.2, 0.25) is 0 Å². The van der Waals surface area contributed by atoms with Crippen LogP contribution in [-0.2, 0) is 11.3 Å².